The predicted molar refractivity (Wildman–Crippen MR) is 78.3 cm³/mol. The molecule has 21 heavy (non-hydrogen) atoms. The molecule has 116 valence electrons. The summed E-state index contributed by atoms with van der Waals surface area (Å²) >= 11 is 1.79. The number of anilines is 1. The van der Waals surface area contributed by atoms with Gasteiger partial charge in [0.1, 0.15) is 0 Å². The van der Waals surface area contributed by atoms with Crippen molar-refractivity contribution in [1.82, 2.24) is 4.90 Å². The number of benzene rings is 1. The van der Waals surface area contributed by atoms with Gasteiger partial charge >= 0.3 is 6.18 Å². The number of carbonyl (C=O) groups excluding carboxylic acids is 1. The van der Waals surface area contributed by atoms with Crippen LogP contribution < -0.4 is 5.73 Å². The SMILES string of the molecule is CCC1CN(C(=O)c2cccc(C(F)(F)F)c2N)CCS1. The zero-order valence-electron chi connectivity index (χ0n) is 11.6. The molecule has 0 aliphatic carbocycles. The molecule has 0 spiro atoms. The van der Waals surface area contributed by atoms with E-state index in [0.29, 0.717) is 18.3 Å². The lowest BCUT2D eigenvalue weighted by atomic mass is 10.1. The first-order chi connectivity index (χ1) is 9.84. The van der Waals surface area contributed by atoms with Crippen LogP contribution in [0.25, 0.3) is 0 Å². The summed E-state index contributed by atoms with van der Waals surface area (Å²) in [6.07, 6.45) is -3.63. The van der Waals surface area contributed by atoms with Crippen molar-refractivity contribution in [3.05, 3.63) is 29.3 Å². The molecule has 0 aromatic heterocycles. The number of halogens is 3. The Labute approximate surface area is 125 Å². The van der Waals surface area contributed by atoms with Gasteiger partial charge < -0.3 is 10.6 Å². The first-order valence-corrected chi connectivity index (χ1v) is 7.76. The standard InChI is InChI=1S/C14H17F3N2OS/c1-2-9-8-19(6-7-21-9)13(20)10-4-3-5-11(12(10)18)14(15,16)17/h3-5,9H,2,6-8,18H2,1H3. The van der Waals surface area contributed by atoms with Gasteiger partial charge in [0.15, 0.2) is 0 Å². The quantitative estimate of drug-likeness (QED) is 0.852. The first kappa shape index (κ1) is 16.0. The van der Waals surface area contributed by atoms with Crippen LogP contribution in [0.4, 0.5) is 18.9 Å². The van der Waals surface area contributed by atoms with Crippen molar-refractivity contribution in [2.75, 3.05) is 24.6 Å². The average Bonchev–Trinajstić information content (AvgIpc) is 2.45. The number of carbonyl (C=O) groups is 1. The third-order valence-electron chi connectivity index (χ3n) is 3.52. The van der Waals surface area contributed by atoms with Crippen molar-refractivity contribution >= 4 is 23.4 Å². The Balaban J connectivity index is 2.27. The monoisotopic (exact) mass is 318 g/mol. The zero-order chi connectivity index (χ0) is 15.6. The van der Waals surface area contributed by atoms with Gasteiger partial charge in [0.2, 0.25) is 0 Å². The van der Waals surface area contributed by atoms with Gasteiger partial charge in [-0.25, -0.2) is 0 Å². The second-order valence-corrected chi connectivity index (χ2v) is 6.33. The molecule has 1 amide bonds. The van der Waals surface area contributed by atoms with E-state index >= 15 is 0 Å². The van der Waals surface area contributed by atoms with Crippen molar-refractivity contribution in [1.29, 1.82) is 0 Å². The number of amides is 1. The van der Waals surface area contributed by atoms with E-state index in [1.165, 1.54) is 12.1 Å². The minimum absolute atomic E-state index is 0.0634. The van der Waals surface area contributed by atoms with Crippen LogP contribution in [0.1, 0.15) is 29.3 Å². The number of nitrogens with two attached hydrogens (primary N) is 1. The van der Waals surface area contributed by atoms with Gasteiger partial charge in [0.25, 0.3) is 5.91 Å². The van der Waals surface area contributed by atoms with Gasteiger partial charge in [0, 0.05) is 24.1 Å². The number of thioether (sulfide) groups is 1. The number of rotatable bonds is 2. The molecule has 1 saturated heterocycles. The number of hydrogen-bond acceptors (Lipinski definition) is 3. The molecule has 1 aliphatic heterocycles. The van der Waals surface area contributed by atoms with E-state index < -0.39 is 23.3 Å². The molecular weight excluding hydrogens is 301 g/mol. The highest BCUT2D eigenvalue weighted by Gasteiger charge is 2.35. The molecule has 2 N–H and O–H groups in total. The Morgan fingerprint density at radius 1 is 1.48 bits per heavy atom. The summed E-state index contributed by atoms with van der Waals surface area (Å²) in [5.41, 5.74) is 4.07. The van der Waals surface area contributed by atoms with Gasteiger partial charge in [-0.15, -0.1) is 0 Å². The van der Waals surface area contributed by atoms with Crippen LogP contribution in [-0.2, 0) is 6.18 Å². The number of alkyl halides is 3. The maximum absolute atomic E-state index is 12.8. The fourth-order valence-electron chi connectivity index (χ4n) is 2.32. The fraction of sp³-hybridized carbons (Fsp3) is 0.500. The molecule has 1 aromatic carbocycles. The molecular formula is C14H17F3N2OS. The van der Waals surface area contributed by atoms with Crippen molar-refractivity contribution in [2.45, 2.75) is 24.8 Å². The highest BCUT2D eigenvalue weighted by atomic mass is 32.2. The van der Waals surface area contributed by atoms with Crippen LogP contribution in [0.5, 0.6) is 0 Å². The third-order valence-corrected chi connectivity index (χ3v) is 4.90. The van der Waals surface area contributed by atoms with E-state index in [-0.39, 0.29) is 5.56 Å². The summed E-state index contributed by atoms with van der Waals surface area (Å²) in [6, 6.07) is 3.48. The number of nitrogen functional groups attached to an aromatic ring is 1. The van der Waals surface area contributed by atoms with Crippen LogP contribution in [0.3, 0.4) is 0 Å². The van der Waals surface area contributed by atoms with Crippen molar-refractivity contribution in [3.63, 3.8) is 0 Å². The summed E-state index contributed by atoms with van der Waals surface area (Å²) in [7, 11) is 0. The van der Waals surface area contributed by atoms with Crippen molar-refractivity contribution in [2.24, 2.45) is 0 Å². The highest BCUT2D eigenvalue weighted by molar-refractivity contribution is 8.00. The van der Waals surface area contributed by atoms with Crippen molar-refractivity contribution < 1.29 is 18.0 Å². The number of hydrogen-bond donors (Lipinski definition) is 1. The van der Waals surface area contributed by atoms with E-state index in [0.717, 1.165) is 18.2 Å². The maximum Gasteiger partial charge on any atom is 0.418 e. The third kappa shape index (κ3) is 3.45. The second kappa shape index (κ2) is 6.17. The molecule has 1 atom stereocenters. The lowest BCUT2D eigenvalue weighted by Gasteiger charge is -2.32. The Morgan fingerprint density at radius 2 is 2.19 bits per heavy atom. The summed E-state index contributed by atoms with van der Waals surface area (Å²) in [6.45, 7) is 3.12. The molecule has 1 heterocycles. The Bertz CT molecular complexity index is 533. The van der Waals surface area contributed by atoms with Gasteiger partial charge in [-0.2, -0.15) is 24.9 Å². The van der Waals surface area contributed by atoms with Gasteiger partial charge in [-0.1, -0.05) is 13.0 Å². The van der Waals surface area contributed by atoms with Crippen LogP contribution in [0.15, 0.2) is 18.2 Å². The van der Waals surface area contributed by atoms with Crippen molar-refractivity contribution in [3.8, 4) is 0 Å². The molecule has 0 saturated carbocycles. The Hall–Kier alpha value is -1.37. The Morgan fingerprint density at radius 3 is 2.81 bits per heavy atom. The molecule has 7 heteroatoms. The molecule has 1 aromatic rings. The zero-order valence-corrected chi connectivity index (χ0v) is 12.4. The van der Waals surface area contributed by atoms with E-state index in [2.05, 4.69) is 0 Å². The van der Waals surface area contributed by atoms with E-state index in [1.807, 2.05) is 6.92 Å². The first-order valence-electron chi connectivity index (χ1n) is 6.71. The molecule has 3 nitrogen and oxygen atoms in total. The smallest absolute Gasteiger partial charge is 0.398 e. The predicted octanol–water partition coefficient (Wildman–Crippen LogP) is 3.26. The minimum Gasteiger partial charge on any atom is -0.398 e. The summed E-state index contributed by atoms with van der Waals surface area (Å²) in [5, 5.41) is 0.328. The molecule has 1 aliphatic rings. The molecule has 0 radical (unpaired) electrons. The van der Waals surface area contributed by atoms with Gasteiger partial charge in [-0.3, -0.25) is 4.79 Å². The molecule has 0 bridgehead atoms. The normalized spacial score (nSPS) is 19.6. The van der Waals surface area contributed by atoms with Crippen LogP contribution in [-0.4, -0.2) is 34.9 Å². The fourth-order valence-corrected chi connectivity index (χ4v) is 3.50. The van der Waals surface area contributed by atoms with Crippen LogP contribution >= 0.6 is 11.8 Å². The summed E-state index contributed by atoms with van der Waals surface area (Å²) in [4.78, 5) is 14.0. The van der Waals surface area contributed by atoms with E-state index in [9.17, 15) is 18.0 Å². The Kier molecular flexibility index (Phi) is 4.70. The number of nitrogens with zero attached hydrogens (tertiary/aromatic N) is 1. The van der Waals surface area contributed by atoms with Crippen LogP contribution in [0, 0.1) is 0 Å². The second-order valence-electron chi connectivity index (χ2n) is 4.92. The minimum atomic E-state index is -4.55. The summed E-state index contributed by atoms with van der Waals surface area (Å²) in [5.74, 6) is 0.376. The molecule has 2 rings (SSSR count). The molecule has 1 fully saturated rings. The average molecular weight is 318 g/mol. The maximum atomic E-state index is 12.8. The van der Waals surface area contributed by atoms with Gasteiger partial charge in [-0.05, 0) is 18.6 Å². The van der Waals surface area contributed by atoms with Gasteiger partial charge in [0.05, 0.1) is 16.8 Å². The van der Waals surface area contributed by atoms with E-state index in [4.69, 9.17) is 5.73 Å². The largest absolute Gasteiger partial charge is 0.418 e. The highest BCUT2D eigenvalue weighted by Crippen LogP contribution is 2.35. The van der Waals surface area contributed by atoms with E-state index in [1.54, 1.807) is 16.7 Å². The topological polar surface area (TPSA) is 46.3 Å². The summed E-state index contributed by atoms with van der Waals surface area (Å²) < 4.78 is 38.5. The lowest BCUT2D eigenvalue weighted by Crippen LogP contribution is -2.42. The van der Waals surface area contributed by atoms with Crippen LogP contribution in [0.2, 0.25) is 0 Å². The lowest BCUT2D eigenvalue weighted by molar-refractivity contribution is -0.136. The molecule has 1 unspecified atom stereocenters. The number of para-hydroxylation sites is 1.